The van der Waals surface area contributed by atoms with Gasteiger partial charge in [-0.3, -0.25) is 4.79 Å². The summed E-state index contributed by atoms with van der Waals surface area (Å²) < 4.78 is 36.5. The van der Waals surface area contributed by atoms with E-state index < -0.39 is 18.3 Å². The highest BCUT2D eigenvalue weighted by atomic mass is 19.4. The van der Waals surface area contributed by atoms with Gasteiger partial charge in [-0.05, 0) is 5.56 Å². The van der Waals surface area contributed by atoms with Crippen molar-refractivity contribution in [1.82, 2.24) is 0 Å². The lowest BCUT2D eigenvalue weighted by Crippen LogP contribution is -2.33. The van der Waals surface area contributed by atoms with Crippen LogP contribution in [0.2, 0.25) is 0 Å². The number of carbonyl (C=O) groups is 1. The second kappa shape index (κ2) is 3.73. The highest BCUT2D eigenvalue weighted by Crippen LogP contribution is 2.09. The third kappa shape index (κ3) is 2.79. The third-order valence-corrected chi connectivity index (χ3v) is 1.74. The predicted octanol–water partition coefficient (Wildman–Crippen LogP) is 0.769. The van der Waals surface area contributed by atoms with Crippen molar-refractivity contribution in [3.05, 3.63) is 29.8 Å². The van der Waals surface area contributed by atoms with Crippen LogP contribution in [0.15, 0.2) is 24.3 Å². The number of benzene rings is 1. The Kier molecular flexibility index (Phi) is 2.83. The molecule has 0 saturated heterocycles. The van der Waals surface area contributed by atoms with E-state index in [4.69, 9.17) is 5.73 Å². The van der Waals surface area contributed by atoms with Gasteiger partial charge in [0.15, 0.2) is 0 Å². The average molecular weight is 202 g/mol. The van der Waals surface area contributed by atoms with Crippen LogP contribution in [0.5, 0.6) is 0 Å². The molecule has 2 nitrogen and oxygen atoms in total. The van der Waals surface area contributed by atoms with E-state index in [1.807, 2.05) is 0 Å². The Labute approximate surface area is 79.0 Å². The molecule has 2 N–H and O–H groups in total. The highest BCUT2D eigenvalue weighted by Gasteiger charge is 2.24. The topological polar surface area (TPSA) is 43.1 Å². The molecule has 0 aliphatic heterocycles. The SMILES string of the molecule is NC(=O)Cc1ccc([B-](F)(F)F)cc1. The van der Waals surface area contributed by atoms with E-state index in [2.05, 4.69) is 0 Å². The summed E-state index contributed by atoms with van der Waals surface area (Å²) in [7, 11) is 0. The first-order chi connectivity index (χ1) is 6.39. The van der Waals surface area contributed by atoms with Gasteiger partial charge in [0.1, 0.15) is 0 Å². The summed E-state index contributed by atoms with van der Waals surface area (Å²) in [6.07, 6.45) is -0.0366. The minimum absolute atomic E-state index is 0.0366. The summed E-state index contributed by atoms with van der Waals surface area (Å²) in [4.78, 5) is 10.5. The van der Waals surface area contributed by atoms with Crippen LogP contribution in [0, 0.1) is 0 Å². The largest absolute Gasteiger partial charge is 0.509 e. The summed E-state index contributed by atoms with van der Waals surface area (Å²) >= 11 is 0. The number of hydrogen-bond donors (Lipinski definition) is 1. The van der Waals surface area contributed by atoms with Gasteiger partial charge >= 0.3 is 6.98 Å². The van der Waals surface area contributed by atoms with Crippen LogP contribution in [0.4, 0.5) is 12.9 Å². The van der Waals surface area contributed by atoms with Gasteiger partial charge in [-0.2, -0.15) is 0 Å². The van der Waals surface area contributed by atoms with Crippen molar-refractivity contribution in [1.29, 1.82) is 0 Å². The predicted molar refractivity (Wildman–Crippen MR) is 48.1 cm³/mol. The molecule has 1 amide bonds. The van der Waals surface area contributed by atoms with Crippen LogP contribution >= 0.6 is 0 Å². The van der Waals surface area contributed by atoms with E-state index in [0.717, 1.165) is 12.1 Å². The molecule has 0 saturated carbocycles. The minimum atomic E-state index is -4.96. The van der Waals surface area contributed by atoms with Gasteiger partial charge in [0.2, 0.25) is 5.91 Å². The first kappa shape index (κ1) is 10.6. The zero-order chi connectivity index (χ0) is 10.8. The lowest BCUT2D eigenvalue weighted by Gasteiger charge is -2.14. The van der Waals surface area contributed by atoms with E-state index in [0.29, 0.717) is 5.56 Å². The summed E-state index contributed by atoms with van der Waals surface area (Å²) in [6.45, 7) is -4.96. The Balaban J connectivity index is 2.84. The molecule has 14 heavy (non-hydrogen) atoms. The van der Waals surface area contributed by atoms with Crippen molar-refractivity contribution in [2.45, 2.75) is 6.42 Å². The van der Waals surface area contributed by atoms with Gasteiger partial charge in [0.05, 0.1) is 6.42 Å². The molecule has 0 heterocycles. The maximum atomic E-state index is 12.2. The third-order valence-electron chi connectivity index (χ3n) is 1.74. The Bertz CT molecular complexity index is 333. The van der Waals surface area contributed by atoms with E-state index in [-0.39, 0.29) is 6.42 Å². The number of primary amides is 1. The fourth-order valence-corrected chi connectivity index (χ4v) is 1.05. The van der Waals surface area contributed by atoms with E-state index in [1.165, 1.54) is 12.1 Å². The number of rotatable bonds is 3. The summed E-state index contributed by atoms with van der Waals surface area (Å²) in [5.74, 6) is -0.560. The molecule has 1 aromatic carbocycles. The molecule has 0 unspecified atom stereocenters. The van der Waals surface area contributed by atoms with Crippen LogP contribution in [0.25, 0.3) is 0 Å². The first-order valence-electron chi connectivity index (χ1n) is 3.96. The van der Waals surface area contributed by atoms with Gasteiger partial charge < -0.3 is 18.7 Å². The molecule has 1 aromatic rings. The lowest BCUT2D eigenvalue weighted by atomic mass is 9.80. The van der Waals surface area contributed by atoms with E-state index >= 15 is 0 Å². The summed E-state index contributed by atoms with van der Waals surface area (Å²) in [5.41, 5.74) is 4.71. The van der Waals surface area contributed by atoms with Crippen molar-refractivity contribution in [2.24, 2.45) is 5.73 Å². The normalized spacial score (nSPS) is 11.4. The van der Waals surface area contributed by atoms with Gasteiger partial charge in [-0.25, -0.2) is 0 Å². The average Bonchev–Trinajstić information content (AvgIpc) is 2.02. The second-order valence-corrected chi connectivity index (χ2v) is 2.96. The molecule has 0 aliphatic rings. The Hall–Kier alpha value is -1.46. The number of halogens is 3. The molecular weight excluding hydrogens is 194 g/mol. The van der Waals surface area contributed by atoms with Crippen LogP contribution in [0.1, 0.15) is 5.56 Å². The Morgan fingerprint density at radius 2 is 1.71 bits per heavy atom. The molecule has 0 aromatic heterocycles. The molecule has 76 valence electrons. The molecule has 0 aliphatic carbocycles. The number of nitrogens with two attached hydrogens (primary N) is 1. The zero-order valence-corrected chi connectivity index (χ0v) is 7.21. The molecule has 0 spiro atoms. The Morgan fingerprint density at radius 1 is 1.21 bits per heavy atom. The van der Waals surface area contributed by atoms with Crippen molar-refractivity contribution >= 4 is 18.3 Å². The van der Waals surface area contributed by atoms with Gasteiger partial charge in [0, 0.05) is 0 Å². The fourth-order valence-electron chi connectivity index (χ4n) is 1.05. The van der Waals surface area contributed by atoms with E-state index in [9.17, 15) is 17.7 Å². The van der Waals surface area contributed by atoms with Crippen molar-refractivity contribution in [3.8, 4) is 0 Å². The van der Waals surface area contributed by atoms with Crippen LogP contribution in [0.3, 0.4) is 0 Å². The van der Waals surface area contributed by atoms with Gasteiger partial charge in [0.25, 0.3) is 0 Å². The van der Waals surface area contributed by atoms with Crippen LogP contribution in [-0.2, 0) is 11.2 Å². The standard InChI is InChI=1S/C8H8BF3NO/c10-9(11,12)7-3-1-6(2-4-7)5-8(13)14/h1-4H,5H2,(H2,13,14)/q-1. The fraction of sp³-hybridized carbons (Fsp3) is 0.125. The molecule has 0 radical (unpaired) electrons. The molecule has 6 heteroatoms. The summed E-state index contributed by atoms with van der Waals surface area (Å²) in [5, 5.41) is 0. The second-order valence-electron chi connectivity index (χ2n) is 2.96. The van der Waals surface area contributed by atoms with Crippen molar-refractivity contribution in [2.75, 3.05) is 0 Å². The highest BCUT2D eigenvalue weighted by molar-refractivity contribution is 6.73. The summed E-state index contributed by atoms with van der Waals surface area (Å²) in [6, 6.07) is 4.43. The Morgan fingerprint density at radius 3 is 2.07 bits per heavy atom. The molecule has 0 fully saturated rings. The quantitative estimate of drug-likeness (QED) is 0.722. The molecule has 0 bridgehead atoms. The first-order valence-corrected chi connectivity index (χ1v) is 3.96. The van der Waals surface area contributed by atoms with Crippen molar-refractivity contribution in [3.63, 3.8) is 0 Å². The smallest absolute Gasteiger partial charge is 0.445 e. The molecular formula is C8H8BF3NO-. The van der Waals surface area contributed by atoms with E-state index in [1.54, 1.807) is 0 Å². The number of hydrogen-bond acceptors (Lipinski definition) is 1. The maximum absolute atomic E-state index is 12.2. The van der Waals surface area contributed by atoms with Crippen LogP contribution in [-0.4, -0.2) is 12.9 Å². The number of amides is 1. The minimum Gasteiger partial charge on any atom is -0.445 e. The van der Waals surface area contributed by atoms with Gasteiger partial charge in [-0.1, -0.05) is 24.3 Å². The number of carbonyl (C=O) groups excluding carboxylic acids is 1. The molecule has 0 atom stereocenters. The zero-order valence-electron chi connectivity index (χ0n) is 7.21. The van der Waals surface area contributed by atoms with Crippen LogP contribution < -0.4 is 11.2 Å². The monoisotopic (exact) mass is 202 g/mol. The lowest BCUT2D eigenvalue weighted by molar-refractivity contribution is -0.117. The van der Waals surface area contributed by atoms with Gasteiger partial charge in [-0.15, -0.1) is 5.46 Å². The van der Waals surface area contributed by atoms with Crippen molar-refractivity contribution < 1.29 is 17.7 Å². The maximum Gasteiger partial charge on any atom is 0.509 e. The molecule has 1 rings (SSSR count).